The lowest BCUT2D eigenvalue weighted by atomic mass is 9.64. The second kappa shape index (κ2) is 8.68. The Bertz CT molecular complexity index is 1260. The van der Waals surface area contributed by atoms with Crippen LogP contribution in [0.1, 0.15) is 35.6 Å². The Morgan fingerprint density at radius 2 is 1.58 bits per heavy atom. The number of amides is 2. The van der Waals surface area contributed by atoms with E-state index in [4.69, 9.17) is 4.74 Å². The number of rotatable bonds is 3. The van der Waals surface area contributed by atoms with E-state index in [-0.39, 0.29) is 24.7 Å². The van der Waals surface area contributed by atoms with Gasteiger partial charge in [0.2, 0.25) is 11.8 Å². The highest BCUT2D eigenvalue weighted by atomic mass is 19.4. The van der Waals surface area contributed by atoms with Crippen molar-refractivity contribution in [2.45, 2.75) is 37.1 Å². The van der Waals surface area contributed by atoms with E-state index < -0.39 is 83.2 Å². The molecular weight excluding hydrogens is 524 g/mol. The number of carbonyl (C=O) groups is 2. The third-order valence-corrected chi connectivity index (χ3v) is 7.66. The molecule has 3 N–H and O–H groups in total. The zero-order valence-corrected chi connectivity index (χ0v) is 19.3. The number of carbonyl (C=O) groups excluding carboxylic acids is 2. The maximum atomic E-state index is 13.5. The summed E-state index contributed by atoms with van der Waals surface area (Å²) in [6.07, 6.45) is -11.6. The predicted octanol–water partition coefficient (Wildman–Crippen LogP) is 4.01. The molecule has 2 aromatic rings. The Balaban J connectivity index is 1.56. The van der Waals surface area contributed by atoms with Crippen LogP contribution in [0, 0.1) is 23.7 Å². The zero-order chi connectivity index (χ0) is 27.8. The summed E-state index contributed by atoms with van der Waals surface area (Å²) >= 11 is 0. The van der Waals surface area contributed by atoms with Crippen LogP contribution in [0.15, 0.2) is 42.5 Å². The van der Waals surface area contributed by atoms with Gasteiger partial charge in [-0.1, -0.05) is 12.1 Å². The number of hydrogen-bond acceptors (Lipinski definition) is 6. The van der Waals surface area contributed by atoms with Crippen LogP contribution in [0.5, 0.6) is 5.75 Å². The molecule has 2 amide bonds. The van der Waals surface area contributed by atoms with Crippen molar-refractivity contribution < 1.29 is 56.0 Å². The lowest BCUT2D eigenvalue weighted by Gasteiger charge is -2.44. The van der Waals surface area contributed by atoms with Crippen LogP contribution >= 0.6 is 0 Å². The first-order chi connectivity index (χ1) is 17.6. The number of halogens is 6. The van der Waals surface area contributed by atoms with Gasteiger partial charge in [-0.25, -0.2) is 0 Å². The average molecular weight is 545 g/mol. The van der Waals surface area contributed by atoms with Gasteiger partial charge in [0, 0.05) is 11.8 Å². The van der Waals surface area contributed by atoms with E-state index in [1.807, 2.05) is 0 Å². The molecule has 1 aliphatic carbocycles. The van der Waals surface area contributed by atoms with Gasteiger partial charge in [-0.2, -0.15) is 26.3 Å². The molecule has 0 spiro atoms. The van der Waals surface area contributed by atoms with Gasteiger partial charge >= 0.3 is 12.4 Å². The molecule has 204 valence electrons. The van der Waals surface area contributed by atoms with Crippen molar-refractivity contribution in [3.8, 4) is 5.75 Å². The van der Waals surface area contributed by atoms with Crippen molar-refractivity contribution >= 4 is 17.5 Å². The van der Waals surface area contributed by atoms with Crippen LogP contribution in [0.3, 0.4) is 0 Å². The van der Waals surface area contributed by atoms with Crippen molar-refractivity contribution in [1.29, 1.82) is 0 Å². The molecule has 0 unspecified atom stereocenters. The summed E-state index contributed by atoms with van der Waals surface area (Å²) in [7, 11) is 0. The van der Waals surface area contributed by atoms with E-state index >= 15 is 0 Å². The lowest BCUT2D eigenvalue weighted by molar-refractivity contribution is -0.274. The molecule has 6 atom stereocenters. The molecule has 2 aromatic carbocycles. The molecule has 3 fully saturated rings. The summed E-state index contributed by atoms with van der Waals surface area (Å²) in [6.45, 7) is -0.660. The van der Waals surface area contributed by atoms with Crippen LogP contribution in [0.25, 0.3) is 0 Å². The van der Waals surface area contributed by atoms with Gasteiger partial charge in [0.1, 0.15) is 5.75 Å². The van der Waals surface area contributed by atoms with Gasteiger partial charge in [0.05, 0.1) is 41.4 Å². The molecule has 0 aromatic heterocycles. The number of anilines is 1. The highest BCUT2D eigenvalue weighted by Crippen LogP contribution is 2.58. The van der Waals surface area contributed by atoms with Gasteiger partial charge in [-0.3, -0.25) is 14.5 Å². The number of aromatic hydroxyl groups is 1. The number of benzene rings is 2. The molecular formula is C25H21F6NO6. The minimum atomic E-state index is -5.19. The molecule has 7 nitrogen and oxygen atoms in total. The Morgan fingerprint density at radius 1 is 0.947 bits per heavy atom. The maximum Gasteiger partial charge on any atom is 0.416 e. The Labute approximate surface area is 211 Å². The molecule has 13 heteroatoms. The molecule has 3 aliphatic rings. The van der Waals surface area contributed by atoms with Crippen molar-refractivity contribution in [3.63, 3.8) is 0 Å². The topological polar surface area (TPSA) is 107 Å². The number of nitrogens with zero attached hydrogens (tertiary/aromatic N) is 1. The fourth-order valence-corrected chi connectivity index (χ4v) is 5.95. The van der Waals surface area contributed by atoms with Crippen LogP contribution < -0.4 is 4.90 Å². The number of alkyl halides is 6. The monoisotopic (exact) mass is 545 g/mol. The first-order valence-electron chi connectivity index (χ1n) is 11.6. The summed E-state index contributed by atoms with van der Waals surface area (Å²) < 4.78 is 86.4. The van der Waals surface area contributed by atoms with Crippen molar-refractivity contribution in [3.05, 3.63) is 59.2 Å². The second-order valence-electron chi connectivity index (χ2n) is 9.82. The SMILES string of the molecule is O=C1[C@H]2[C@H](C[C@H](CO)[C@@]3(O)O[C@H](c4cccc(O)c4)C[C@@H]23)C(=O)N1c1cc(C(F)(F)F)cc(C(F)(F)F)c1. The maximum absolute atomic E-state index is 13.5. The summed E-state index contributed by atoms with van der Waals surface area (Å²) in [6, 6.07) is 6.38. The number of phenolic OH excluding ortho intramolecular Hbond substituents is 1. The summed E-state index contributed by atoms with van der Waals surface area (Å²) in [4.78, 5) is 27.2. The number of aliphatic hydroxyl groups is 2. The van der Waals surface area contributed by atoms with Gasteiger partial charge in [-0.15, -0.1) is 0 Å². The van der Waals surface area contributed by atoms with E-state index in [1.54, 1.807) is 6.07 Å². The second-order valence-corrected chi connectivity index (χ2v) is 9.82. The molecule has 1 saturated carbocycles. The third-order valence-electron chi connectivity index (χ3n) is 7.66. The molecule has 0 bridgehead atoms. The van der Waals surface area contributed by atoms with E-state index in [1.165, 1.54) is 18.2 Å². The normalized spacial score (nSPS) is 31.5. The number of ether oxygens (including phenoxy) is 1. The van der Waals surface area contributed by atoms with Crippen LogP contribution in [0.2, 0.25) is 0 Å². The number of aliphatic hydroxyl groups excluding tert-OH is 1. The first-order valence-corrected chi connectivity index (χ1v) is 11.6. The molecule has 2 saturated heterocycles. The van der Waals surface area contributed by atoms with E-state index in [0.29, 0.717) is 22.6 Å². The molecule has 2 heterocycles. The van der Waals surface area contributed by atoms with Crippen molar-refractivity contribution in [1.82, 2.24) is 0 Å². The summed E-state index contributed by atoms with van der Waals surface area (Å²) in [5.74, 6) is -9.00. The van der Waals surface area contributed by atoms with E-state index in [2.05, 4.69) is 0 Å². The zero-order valence-electron chi connectivity index (χ0n) is 19.3. The minimum absolute atomic E-state index is 0.0547. The fourth-order valence-electron chi connectivity index (χ4n) is 5.95. The van der Waals surface area contributed by atoms with Gasteiger partial charge < -0.3 is 20.1 Å². The Morgan fingerprint density at radius 3 is 2.13 bits per heavy atom. The number of hydrogen-bond donors (Lipinski definition) is 3. The predicted molar refractivity (Wildman–Crippen MR) is 116 cm³/mol. The minimum Gasteiger partial charge on any atom is -0.508 e. The first kappa shape index (κ1) is 26.4. The number of imide groups is 1. The molecule has 2 aliphatic heterocycles. The van der Waals surface area contributed by atoms with Gasteiger partial charge in [-0.05, 0) is 48.7 Å². The molecule has 5 rings (SSSR count). The summed E-state index contributed by atoms with van der Waals surface area (Å²) in [5, 5.41) is 31.2. The number of fused-ring (bicyclic) bond motifs is 3. The van der Waals surface area contributed by atoms with Crippen LogP contribution in [-0.2, 0) is 26.7 Å². The summed E-state index contributed by atoms with van der Waals surface area (Å²) in [5.41, 5.74) is -3.82. The number of phenols is 1. The Hall–Kier alpha value is -3.16. The lowest BCUT2D eigenvalue weighted by Crippen LogP contribution is -2.54. The molecule has 38 heavy (non-hydrogen) atoms. The fraction of sp³-hybridized carbons (Fsp3) is 0.440. The third kappa shape index (κ3) is 4.12. The largest absolute Gasteiger partial charge is 0.508 e. The van der Waals surface area contributed by atoms with Gasteiger partial charge in [0.15, 0.2) is 5.79 Å². The standard InChI is InChI=1S/C25H21F6NO6/c26-24(27,28)12-5-13(25(29,30)31)7-15(6-12)32-21(35)17-8-14(10-33)23(37)18(20(17)22(32)36)9-19(38-23)11-2-1-3-16(34)4-11/h1-7,14,17-20,33-34,37H,8-10H2/t14-,17+,18+,19+,20+,23-/m1/s1. The smallest absolute Gasteiger partial charge is 0.416 e. The molecule has 0 radical (unpaired) electrons. The van der Waals surface area contributed by atoms with Crippen molar-refractivity contribution in [2.75, 3.05) is 11.5 Å². The van der Waals surface area contributed by atoms with Crippen LogP contribution in [0.4, 0.5) is 32.0 Å². The highest BCUT2D eigenvalue weighted by Gasteiger charge is 2.67. The van der Waals surface area contributed by atoms with E-state index in [0.717, 1.165) is 0 Å². The van der Waals surface area contributed by atoms with Crippen molar-refractivity contribution in [2.24, 2.45) is 23.7 Å². The Kier molecular flexibility index (Phi) is 6.04. The highest BCUT2D eigenvalue weighted by molar-refractivity contribution is 6.22. The average Bonchev–Trinajstić information content (AvgIpc) is 3.31. The van der Waals surface area contributed by atoms with E-state index in [9.17, 15) is 51.3 Å². The van der Waals surface area contributed by atoms with Crippen LogP contribution in [-0.4, -0.2) is 39.5 Å². The quantitative estimate of drug-likeness (QED) is 0.398. The van der Waals surface area contributed by atoms with Gasteiger partial charge in [0.25, 0.3) is 0 Å².